The van der Waals surface area contributed by atoms with Gasteiger partial charge < -0.3 is 14.3 Å². The third-order valence-corrected chi connectivity index (χ3v) is 7.32. The minimum atomic E-state index is 0.300. The highest BCUT2D eigenvalue weighted by Gasteiger charge is 2.61. The SMILES string of the molecule is CCN(C)C(=O)C1[C@H]2CN(C3CC4CCC(C3)N4c3nc(C)no3)C[C@@H]12. The second-order valence-electron chi connectivity index (χ2n) is 8.70. The molecule has 0 spiro atoms. The molecule has 1 amide bonds. The van der Waals surface area contributed by atoms with E-state index in [2.05, 4.69) is 26.9 Å². The van der Waals surface area contributed by atoms with E-state index in [0.717, 1.165) is 19.6 Å². The van der Waals surface area contributed by atoms with Crippen molar-refractivity contribution in [3.63, 3.8) is 0 Å². The lowest BCUT2D eigenvalue weighted by Gasteiger charge is -2.42. The van der Waals surface area contributed by atoms with Crippen molar-refractivity contribution in [2.75, 3.05) is 31.6 Å². The molecule has 4 heterocycles. The summed E-state index contributed by atoms with van der Waals surface area (Å²) in [6, 6.07) is 2.42. The first-order chi connectivity index (χ1) is 12.6. The molecular weight excluding hydrogens is 330 g/mol. The van der Waals surface area contributed by atoms with Crippen LogP contribution in [0.1, 0.15) is 38.4 Å². The van der Waals surface area contributed by atoms with Gasteiger partial charge in [0.15, 0.2) is 5.82 Å². The van der Waals surface area contributed by atoms with E-state index < -0.39 is 0 Å². The van der Waals surface area contributed by atoms with E-state index in [-0.39, 0.29) is 0 Å². The standard InChI is InChI=1S/C19H29N5O2/c1-4-22(3)18(25)17-15-9-23(10-16(15)17)14-7-12-5-6-13(8-14)24(12)19-20-11(2)21-26-19/h12-17H,4-10H2,1-3H3/t12?,13?,14?,15-,16+,17?. The fraction of sp³-hybridized carbons (Fsp3) is 0.842. The number of amides is 1. The van der Waals surface area contributed by atoms with Gasteiger partial charge in [-0.25, -0.2) is 0 Å². The van der Waals surface area contributed by atoms with Crippen LogP contribution < -0.4 is 4.90 Å². The van der Waals surface area contributed by atoms with Crippen molar-refractivity contribution >= 4 is 11.9 Å². The van der Waals surface area contributed by atoms with Crippen LogP contribution in [-0.2, 0) is 4.79 Å². The molecule has 1 aromatic heterocycles. The second-order valence-corrected chi connectivity index (χ2v) is 8.70. The van der Waals surface area contributed by atoms with Crippen LogP contribution >= 0.6 is 0 Å². The molecule has 0 radical (unpaired) electrons. The smallest absolute Gasteiger partial charge is 0.324 e. The van der Waals surface area contributed by atoms with Crippen LogP contribution in [0.2, 0.25) is 0 Å². The summed E-state index contributed by atoms with van der Waals surface area (Å²) in [5.74, 6) is 2.59. The Morgan fingerprint density at radius 1 is 1.19 bits per heavy atom. The van der Waals surface area contributed by atoms with Crippen LogP contribution in [0.5, 0.6) is 0 Å². The van der Waals surface area contributed by atoms with Crippen molar-refractivity contribution in [2.45, 2.75) is 57.7 Å². The van der Waals surface area contributed by atoms with E-state index in [1.807, 2.05) is 18.9 Å². The predicted molar refractivity (Wildman–Crippen MR) is 96.7 cm³/mol. The zero-order valence-corrected chi connectivity index (χ0v) is 16.0. The molecule has 3 saturated heterocycles. The molecule has 1 saturated carbocycles. The largest absolute Gasteiger partial charge is 0.346 e. The Morgan fingerprint density at radius 2 is 1.85 bits per heavy atom. The molecular formula is C19H29N5O2. The normalized spacial score (nSPS) is 38.5. The summed E-state index contributed by atoms with van der Waals surface area (Å²) >= 11 is 0. The lowest BCUT2D eigenvalue weighted by atomic mass is 9.96. The molecule has 1 aliphatic carbocycles. The molecule has 4 aliphatic rings. The Morgan fingerprint density at radius 3 is 2.38 bits per heavy atom. The van der Waals surface area contributed by atoms with E-state index >= 15 is 0 Å². The average Bonchev–Trinajstić information content (AvgIpc) is 2.97. The van der Waals surface area contributed by atoms with Gasteiger partial charge in [0.2, 0.25) is 5.91 Å². The van der Waals surface area contributed by atoms with Crippen LogP contribution in [0.4, 0.5) is 6.01 Å². The van der Waals surface area contributed by atoms with Crippen molar-refractivity contribution in [1.82, 2.24) is 19.9 Å². The first kappa shape index (κ1) is 16.5. The molecule has 7 nitrogen and oxygen atoms in total. The van der Waals surface area contributed by atoms with Gasteiger partial charge in [-0.15, -0.1) is 0 Å². The van der Waals surface area contributed by atoms with Crippen molar-refractivity contribution in [1.29, 1.82) is 0 Å². The summed E-state index contributed by atoms with van der Waals surface area (Å²) in [6.07, 6.45) is 4.83. The number of hydrogen-bond donors (Lipinski definition) is 0. The molecule has 5 atom stereocenters. The maximum Gasteiger partial charge on any atom is 0.324 e. The highest BCUT2D eigenvalue weighted by Crippen LogP contribution is 2.54. The van der Waals surface area contributed by atoms with Crippen molar-refractivity contribution in [3.8, 4) is 0 Å². The van der Waals surface area contributed by atoms with Crippen LogP contribution in [0.15, 0.2) is 4.52 Å². The highest BCUT2D eigenvalue weighted by atomic mass is 16.5. The van der Waals surface area contributed by atoms with Crippen LogP contribution in [0, 0.1) is 24.7 Å². The van der Waals surface area contributed by atoms with E-state index in [0.29, 0.717) is 53.6 Å². The summed E-state index contributed by atoms with van der Waals surface area (Å²) in [5, 5.41) is 3.97. The van der Waals surface area contributed by atoms with Gasteiger partial charge in [0.1, 0.15) is 0 Å². The van der Waals surface area contributed by atoms with Gasteiger partial charge in [-0.2, -0.15) is 4.98 Å². The van der Waals surface area contributed by atoms with Gasteiger partial charge in [-0.05, 0) is 51.4 Å². The lowest BCUT2D eigenvalue weighted by Crippen LogP contribution is -2.51. The zero-order chi connectivity index (χ0) is 18.0. The number of carbonyl (C=O) groups is 1. The minimum absolute atomic E-state index is 0.300. The summed E-state index contributed by atoms with van der Waals surface area (Å²) in [6.45, 7) is 6.98. The van der Waals surface area contributed by atoms with E-state index in [9.17, 15) is 4.79 Å². The van der Waals surface area contributed by atoms with Crippen LogP contribution in [0.25, 0.3) is 0 Å². The topological polar surface area (TPSA) is 65.7 Å². The molecule has 26 heavy (non-hydrogen) atoms. The zero-order valence-electron chi connectivity index (χ0n) is 16.0. The van der Waals surface area contributed by atoms with E-state index in [4.69, 9.17) is 4.52 Å². The fourth-order valence-corrected chi connectivity index (χ4v) is 5.78. The molecule has 7 heteroatoms. The average molecular weight is 359 g/mol. The number of anilines is 1. The second kappa shape index (κ2) is 5.94. The Balaban J connectivity index is 1.21. The molecule has 0 N–H and O–H groups in total. The van der Waals surface area contributed by atoms with Crippen molar-refractivity contribution in [2.24, 2.45) is 17.8 Å². The number of hydrogen-bond acceptors (Lipinski definition) is 6. The molecule has 2 bridgehead atoms. The molecule has 142 valence electrons. The number of carbonyl (C=O) groups excluding carboxylic acids is 1. The Hall–Kier alpha value is -1.63. The fourth-order valence-electron chi connectivity index (χ4n) is 5.78. The number of fused-ring (bicyclic) bond motifs is 3. The lowest BCUT2D eigenvalue weighted by molar-refractivity contribution is -0.132. The van der Waals surface area contributed by atoms with Gasteiger partial charge in [0.05, 0.1) is 0 Å². The first-order valence-corrected chi connectivity index (χ1v) is 10.1. The Labute approximate surface area is 154 Å². The maximum atomic E-state index is 12.4. The summed E-state index contributed by atoms with van der Waals surface area (Å²) in [5.41, 5.74) is 0. The number of piperidine rings is 2. The van der Waals surface area contributed by atoms with Gasteiger partial charge >= 0.3 is 6.01 Å². The van der Waals surface area contributed by atoms with Gasteiger partial charge in [0.25, 0.3) is 0 Å². The number of likely N-dealkylation sites (tertiary alicyclic amines) is 1. The molecule has 5 rings (SSSR count). The predicted octanol–water partition coefficient (Wildman–Crippen LogP) is 1.53. The highest BCUT2D eigenvalue weighted by molar-refractivity contribution is 5.82. The van der Waals surface area contributed by atoms with Crippen molar-refractivity contribution in [3.05, 3.63) is 5.82 Å². The molecule has 0 aromatic carbocycles. The van der Waals surface area contributed by atoms with Gasteiger partial charge in [-0.1, -0.05) is 5.16 Å². The van der Waals surface area contributed by atoms with E-state index in [1.54, 1.807) is 0 Å². The van der Waals surface area contributed by atoms with Gasteiger partial charge in [0, 0.05) is 50.7 Å². The van der Waals surface area contributed by atoms with Crippen molar-refractivity contribution < 1.29 is 9.32 Å². The Bertz CT molecular complexity index is 680. The monoisotopic (exact) mass is 359 g/mol. The number of aryl methyl sites for hydroxylation is 1. The summed E-state index contributed by atoms with van der Waals surface area (Å²) in [7, 11) is 1.93. The maximum absolute atomic E-state index is 12.4. The molecule has 1 aromatic rings. The first-order valence-electron chi connectivity index (χ1n) is 10.1. The summed E-state index contributed by atoms with van der Waals surface area (Å²) in [4.78, 5) is 23.8. The van der Waals surface area contributed by atoms with Gasteiger partial charge in [-0.3, -0.25) is 9.69 Å². The minimum Gasteiger partial charge on any atom is -0.346 e. The quantitative estimate of drug-likeness (QED) is 0.812. The van der Waals surface area contributed by atoms with Crippen LogP contribution in [0.3, 0.4) is 0 Å². The number of nitrogens with zero attached hydrogens (tertiary/aromatic N) is 5. The van der Waals surface area contributed by atoms with Crippen LogP contribution in [-0.4, -0.2) is 70.7 Å². The molecule has 4 fully saturated rings. The summed E-state index contributed by atoms with van der Waals surface area (Å²) < 4.78 is 5.45. The molecule has 3 unspecified atom stereocenters. The molecule has 3 aliphatic heterocycles. The van der Waals surface area contributed by atoms with E-state index in [1.165, 1.54) is 25.7 Å². The third kappa shape index (κ3) is 2.47. The Kier molecular flexibility index (Phi) is 3.78. The number of aromatic nitrogens is 2. The number of rotatable bonds is 4. The third-order valence-electron chi connectivity index (χ3n) is 7.32.